The number of aldehydes is 1. The summed E-state index contributed by atoms with van der Waals surface area (Å²) in [5.74, 6) is 0. The lowest BCUT2D eigenvalue weighted by Crippen LogP contribution is -2.67. The Morgan fingerprint density at radius 1 is 1.07 bits per heavy atom. The van der Waals surface area contributed by atoms with Crippen LogP contribution in [0, 0.1) is 0 Å². The van der Waals surface area contributed by atoms with Crippen LogP contribution in [-0.4, -0.2) is 27.3 Å². The van der Waals surface area contributed by atoms with Gasteiger partial charge in [-0.2, -0.15) is 0 Å². The number of hydrogen-bond donors (Lipinski definition) is 0. The van der Waals surface area contributed by atoms with Gasteiger partial charge in [-0.3, -0.25) is 0 Å². The Kier molecular flexibility index (Phi) is 7.36. The fourth-order valence-corrected chi connectivity index (χ4v) is 8.09. The van der Waals surface area contributed by atoms with Crippen LogP contribution in [0.2, 0.25) is 5.04 Å². The lowest BCUT2D eigenvalue weighted by Gasteiger charge is -2.43. The Bertz CT molecular complexity index is 730. The first kappa shape index (κ1) is 20.9. The van der Waals surface area contributed by atoms with E-state index in [0.29, 0.717) is 19.4 Å². The predicted molar refractivity (Wildman–Crippen MR) is 112 cm³/mol. The van der Waals surface area contributed by atoms with Gasteiger partial charge < -0.3 is 9.22 Å². The van der Waals surface area contributed by atoms with E-state index in [0.717, 1.165) is 6.29 Å². The molecule has 5 nitrogen and oxygen atoms in total. The van der Waals surface area contributed by atoms with Crippen molar-refractivity contribution in [3.63, 3.8) is 0 Å². The van der Waals surface area contributed by atoms with Crippen molar-refractivity contribution in [3.8, 4) is 0 Å². The van der Waals surface area contributed by atoms with E-state index in [1.807, 2.05) is 36.4 Å². The van der Waals surface area contributed by atoms with Gasteiger partial charge in [-0.25, -0.2) is 0 Å². The molecule has 0 aliphatic rings. The van der Waals surface area contributed by atoms with Crippen LogP contribution >= 0.6 is 0 Å². The van der Waals surface area contributed by atoms with E-state index >= 15 is 0 Å². The molecule has 2 rings (SSSR count). The smallest absolute Gasteiger partial charge is 0.261 e. The van der Waals surface area contributed by atoms with E-state index in [1.165, 1.54) is 10.4 Å². The second kappa shape index (κ2) is 9.51. The summed E-state index contributed by atoms with van der Waals surface area (Å²) in [6.45, 7) is 6.90. The number of benzene rings is 2. The highest BCUT2D eigenvalue weighted by molar-refractivity contribution is 6.99. The molecule has 27 heavy (non-hydrogen) atoms. The first-order chi connectivity index (χ1) is 13.0. The van der Waals surface area contributed by atoms with Crippen LogP contribution < -0.4 is 10.4 Å². The first-order valence-electron chi connectivity index (χ1n) is 9.18. The maximum Gasteiger partial charge on any atom is 0.261 e. The van der Waals surface area contributed by atoms with E-state index in [1.54, 1.807) is 0 Å². The summed E-state index contributed by atoms with van der Waals surface area (Å²) in [5.41, 5.74) is 8.89. The van der Waals surface area contributed by atoms with Crippen LogP contribution in [-0.2, 0) is 9.22 Å². The molecule has 0 heterocycles. The molecule has 0 saturated carbocycles. The summed E-state index contributed by atoms with van der Waals surface area (Å²) in [4.78, 5) is 13.7. The third kappa shape index (κ3) is 4.86. The zero-order chi connectivity index (χ0) is 19.8. The second-order valence-electron chi connectivity index (χ2n) is 7.58. The highest BCUT2D eigenvalue weighted by Gasteiger charge is 2.50. The van der Waals surface area contributed by atoms with Gasteiger partial charge in [0.2, 0.25) is 0 Å². The monoisotopic (exact) mass is 381 g/mol. The Labute approximate surface area is 162 Å². The zero-order valence-electron chi connectivity index (χ0n) is 16.2. The fraction of sp³-hybridized carbons (Fsp3) is 0.381. The third-order valence-electron chi connectivity index (χ3n) is 4.74. The largest absolute Gasteiger partial charge is 0.407 e. The minimum absolute atomic E-state index is 0.138. The average Bonchev–Trinajstić information content (AvgIpc) is 2.67. The van der Waals surface area contributed by atoms with Crippen molar-refractivity contribution in [1.29, 1.82) is 0 Å². The summed E-state index contributed by atoms with van der Waals surface area (Å²) in [6.07, 6.45) is 1.70. The van der Waals surface area contributed by atoms with Crippen LogP contribution in [0.3, 0.4) is 0 Å². The van der Waals surface area contributed by atoms with E-state index in [-0.39, 0.29) is 11.1 Å². The van der Waals surface area contributed by atoms with Crippen molar-refractivity contribution < 1.29 is 9.22 Å². The molecule has 0 unspecified atom stereocenters. The lowest BCUT2D eigenvalue weighted by atomic mass is 10.2. The topological polar surface area (TPSA) is 75.1 Å². The molecule has 0 bridgehead atoms. The number of rotatable bonds is 9. The van der Waals surface area contributed by atoms with Crippen molar-refractivity contribution in [2.45, 2.75) is 44.7 Å². The number of azide groups is 1. The molecule has 2 aromatic carbocycles. The summed E-state index contributed by atoms with van der Waals surface area (Å²) < 4.78 is 6.74. The summed E-state index contributed by atoms with van der Waals surface area (Å²) in [5, 5.41) is 6.07. The zero-order valence-corrected chi connectivity index (χ0v) is 17.2. The van der Waals surface area contributed by atoms with Gasteiger partial charge in [0.15, 0.2) is 0 Å². The molecule has 0 radical (unpaired) electrons. The number of hydrogen-bond acceptors (Lipinski definition) is 3. The van der Waals surface area contributed by atoms with Gasteiger partial charge in [-0.1, -0.05) is 86.5 Å². The van der Waals surface area contributed by atoms with Crippen LogP contribution in [0.15, 0.2) is 65.8 Å². The van der Waals surface area contributed by atoms with Crippen molar-refractivity contribution >= 4 is 25.0 Å². The lowest BCUT2D eigenvalue weighted by molar-refractivity contribution is -0.108. The minimum Gasteiger partial charge on any atom is -0.407 e. The molecule has 0 fully saturated rings. The van der Waals surface area contributed by atoms with Crippen LogP contribution in [0.25, 0.3) is 10.4 Å². The molecule has 142 valence electrons. The van der Waals surface area contributed by atoms with Gasteiger partial charge in [0.05, 0.1) is 6.04 Å². The van der Waals surface area contributed by atoms with E-state index < -0.39 is 8.32 Å². The quantitative estimate of drug-likeness (QED) is 0.214. The van der Waals surface area contributed by atoms with Gasteiger partial charge in [0.1, 0.15) is 6.29 Å². The van der Waals surface area contributed by atoms with E-state index in [2.05, 4.69) is 55.1 Å². The third-order valence-corrected chi connectivity index (χ3v) is 9.75. The van der Waals surface area contributed by atoms with Gasteiger partial charge >= 0.3 is 0 Å². The molecule has 0 amide bonds. The van der Waals surface area contributed by atoms with Crippen LogP contribution in [0.4, 0.5) is 0 Å². The molecule has 0 saturated heterocycles. The number of carbonyl (C=O) groups excluding carboxylic acids is 1. The molecular formula is C21H27N3O2Si. The first-order valence-corrected chi connectivity index (χ1v) is 11.1. The standard InChI is InChI=1S/C21H27N3O2Si/c1-21(2,3)27(19-12-6-4-7-13-19,20-14-8-5-9-15-20)26-17-18(23-24-22)11-10-16-25/h4-9,12-16,18H,10-11,17H2,1-3H3/t18-/m1/s1. The molecule has 2 aromatic rings. The molecule has 0 N–H and O–H groups in total. The highest BCUT2D eigenvalue weighted by atomic mass is 28.4. The van der Waals surface area contributed by atoms with Gasteiger partial charge in [0, 0.05) is 17.9 Å². The van der Waals surface area contributed by atoms with Gasteiger partial charge in [-0.05, 0) is 27.4 Å². The second-order valence-corrected chi connectivity index (χ2v) is 11.9. The van der Waals surface area contributed by atoms with Crippen molar-refractivity contribution in [3.05, 3.63) is 71.1 Å². The molecule has 0 spiro atoms. The highest BCUT2D eigenvalue weighted by Crippen LogP contribution is 2.37. The van der Waals surface area contributed by atoms with Crippen molar-refractivity contribution in [2.24, 2.45) is 5.11 Å². The van der Waals surface area contributed by atoms with Gasteiger partial charge in [0.25, 0.3) is 8.32 Å². The Morgan fingerprint density at radius 3 is 2.00 bits per heavy atom. The average molecular weight is 382 g/mol. The van der Waals surface area contributed by atoms with Crippen molar-refractivity contribution in [2.75, 3.05) is 6.61 Å². The Morgan fingerprint density at radius 2 is 1.59 bits per heavy atom. The van der Waals surface area contributed by atoms with E-state index in [9.17, 15) is 4.79 Å². The summed E-state index contributed by atoms with van der Waals surface area (Å²) >= 11 is 0. The molecular weight excluding hydrogens is 354 g/mol. The molecule has 1 atom stereocenters. The molecule has 0 aromatic heterocycles. The Hall–Kier alpha value is -2.40. The Balaban J connectivity index is 2.52. The summed E-state index contributed by atoms with van der Waals surface area (Å²) in [6, 6.07) is 20.3. The van der Waals surface area contributed by atoms with Gasteiger partial charge in [-0.15, -0.1) is 0 Å². The van der Waals surface area contributed by atoms with Crippen LogP contribution in [0.1, 0.15) is 33.6 Å². The normalized spacial score (nSPS) is 12.9. The predicted octanol–water partition coefficient (Wildman–Crippen LogP) is 4.22. The van der Waals surface area contributed by atoms with Crippen molar-refractivity contribution in [1.82, 2.24) is 0 Å². The SMILES string of the molecule is CC(C)(C)[Si](OC[C@@H](CCC=O)N=[N+]=[N-])(c1ccccc1)c1ccccc1. The van der Waals surface area contributed by atoms with E-state index in [4.69, 9.17) is 9.96 Å². The fourth-order valence-electron chi connectivity index (χ4n) is 3.49. The minimum atomic E-state index is -2.65. The molecule has 0 aliphatic carbocycles. The maximum atomic E-state index is 10.8. The summed E-state index contributed by atoms with van der Waals surface area (Å²) in [7, 11) is -2.65. The molecule has 0 aliphatic heterocycles. The molecule has 6 heteroatoms. The number of carbonyl (C=O) groups is 1. The number of nitrogens with zero attached hydrogens (tertiary/aromatic N) is 3. The maximum absolute atomic E-state index is 10.8. The van der Waals surface area contributed by atoms with Crippen LogP contribution in [0.5, 0.6) is 0 Å².